The second-order valence-electron chi connectivity index (χ2n) is 5.06. The number of hydrogen-bond donors (Lipinski definition) is 1. The first kappa shape index (κ1) is 16.2. The number of benzene rings is 2. The molecule has 2 aromatic carbocycles. The van der Waals surface area contributed by atoms with Crippen LogP contribution in [0.25, 0.3) is 5.69 Å². The number of amides is 1. The molecular weight excluding hydrogens is 327 g/mol. The third-order valence-electron chi connectivity index (χ3n) is 3.41. The van der Waals surface area contributed by atoms with Crippen LogP contribution in [0.4, 0.5) is 4.39 Å². The molecule has 5 nitrogen and oxygen atoms in total. The van der Waals surface area contributed by atoms with E-state index < -0.39 is 0 Å². The van der Waals surface area contributed by atoms with Crippen LogP contribution in [0.15, 0.2) is 59.6 Å². The van der Waals surface area contributed by atoms with Crippen molar-refractivity contribution < 1.29 is 9.18 Å². The smallest absolute Gasteiger partial charge is 0.273 e. The lowest BCUT2D eigenvalue weighted by molar-refractivity contribution is 0.0946. The summed E-state index contributed by atoms with van der Waals surface area (Å²) in [6.45, 7) is 0.403. The average molecular weight is 342 g/mol. The predicted octanol–water partition coefficient (Wildman–Crippen LogP) is 3.06. The zero-order chi connectivity index (χ0) is 16.9. The van der Waals surface area contributed by atoms with Gasteiger partial charge < -0.3 is 5.32 Å². The van der Waals surface area contributed by atoms with Crippen LogP contribution < -0.4 is 5.32 Å². The summed E-state index contributed by atoms with van der Waals surface area (Å²) in [6.07, 6.45) is 3.49. The summed E-state index contributed by atoms with van der Waals surface area (Å²) in [5.74, 6) is -0.700. The Labute approximate surface area is 142 Å². The lowest BCUT2D eigenvalue weighted by atomic mass is 10.2. The van der Waals surface area contributed by atoms with Gasteiger partial charge >= 0.3 is 0 Å². The van der Waals surface area contributed by atoms with Crippen LogP contribution in [-0.4, -0.2) is 27.2 Å². The fraction of sp³-hybridized carbons (Fsp3) is 0.118. The molecule has 1 aromatic heterocycles. The lowest BCUT2D eigenvalue weighted by Gasteiger charge is -2.04. The van der Waals surface area contributed by atoms with Crippen LogP contribution in [0, 0.1) is 5.82 Å². The fourth-order valence-corrected chi connectivity index (χ4v) is 2.54. The van der Waals surface area contributed by atoms with Crippen molar-refractivity contribution in [3.63, 3.8) is 0 Å². The van der Waals surface area contributed by atoms with Gasteiger partial charge in [0.25, 0.3) is 5.91 Å². The van der Waals surface area contributed by atoms with Gasteiger partial charge in [-0.3, -0.25) is 4.79 Å². The van der Waals surface area contributed by atoms with E-state index in [1.165, 1.54) is 27.9 Å². The summed E-state index contributed by atoms with van der Waals surface area (Å²) >= 11 is 1.67. The van der Waals surface area contributed by atoms with E-state index in [-0.39, 0.29) is 17.4 Å². The molecule has 0 saturated heterocycles. The van der Waals surface area contributed by atoms with Crippen LogP contribution in [-0.2, 0) is 6.54 Å². The van der Waals surface area contributed by atoms with Gasteiger partial charge in [-0.25, -0.2) is 9.07 Å². The molecule has 122 valence electrons. The maximum absolute atomic E-state index is 13.2. The quantitative estimate of drug-likeness (QED) is 0.724. The highest BCUT2D eigenvalue weighted by Gasteiger charge is 2.11. The molecule has 24 heavy (non-hydrogen) atoms. The Morgan fingerprint density at radius 2 is 2.04 bits per heavy atom. The Bertz CT molecular complexity index is 848. The number of hydrogen-bond acceptors (Lipinski definition) is 4. The summed E-state index contributed by atoms with van der Waals surface area (Å²) in [5.41, 5.74) is 1.69. The van der Waals surface area contributed by atoms with E-state index in [0.717, 1.165) is 5.56 Å². The van der Waals surface area contributed by atoms with E-state index >= 15 is 0 Å². The fourth-order valence-electron chi connectivity index (χ4n) is 2.13. The highest BCUT2D eigenvalue weighted by molar-refractivity contribution is 7.98. The van der Waals surface area contributed by atoms with E-state index in [2.05, 4.69) is 15.6 Å². The van der Waals surface area contributed by atoms with Crippen molar-refractivity contribution in [3.05, 3.63) is 71.8 Å². The van der Waals surface area contributed by atoms with E-state index in [1.807, 2.05) is 30.5 Å². The molecule has 1 amide bonds. The monoisotopic (exact) mass is 342 g/mol. The average Bonchev–Trinajstić information content (AvgIpc) is 3.10. The molecule has 0 unspecified atom stereocenters. The Balaban J connectivity index is 1.65. The Kier molecular flexibility index (Phi) is 4.90. The van der Waals surface area contributed by atoms with Crippen molar-refractivity contribution in [2.75, 3.05) is 6.26 Å². The largest absolute Gasteiger partial charge is 0.347 e. The minimum Gasteiger partial charge on any atom is -0.347 e. The van der Waals surface area contributed by atoms with Crippen LogP contribution >= 0.6 is 11.8 Å². The van der Waals surface area contributed by atoms with Crippen molar-refractivity contribution in [3.8, 4) is 5.69 Å². The number of carbonyl (C=O) groups excluding carboxylic acids is 1. The molecule has 0 aliphatic heterocycles. The van der Waals surface area contributed by atoms with Gasteiger partial charge in [0.2, 0.25) is 0 Å². The zero-order valence-electron chi connectivity index (χ0n) is 12.9. The highest BCUT2D eigenvalue weighted by Crippen LogP contribution is 2.15. The highest BCUT2D eigenvalue weighted by atomic mass is 32.2. The molecule has 1 heterocycles. The van der Waals surface area contributed by atoms with Crippen molar-refractivity contribution in [1.29, 1.82) is 0 Å². The van der Waals surface area contributed by atoms with Gasteiger partial charge in [-0.15, -0.1) is 16.9 Å². The van der Waals surface area contributed by atoms with Gasteiger partial charge in [0.05, 0.1) is 11.9 Å². The van der Waals surface area contributed by atoms with Crippen molar-refractivity contribution in [2.24, 2.45) is 0 Å². The summed E-state index contributed by atoms with van der Waals surface area (Å²) < 4.78 is 14.6. The Morgan fingerprint density at radius 3 is 2.75 bits per heavy atom. The van der Waals surface area contributed by atoms with E-state index in [4.69, 9.17) is 0 Å². The van der Waals surface area contributed by atoms with Gasteiger partial charge in [-0.05, 0) is 42.2 Å². The number of nitrogens with one attached hydrogen (secondary N) is 1. The number of aromatic nitrogens is 3. The molecule has 1 N–H and O–H groups in total. The normalized spacial score (nSPS) is 10.6. The molecular formula is C17H15FN4OS. The van der Waals surface area contributed by atoms with Gasteiger partial charge in [0, 0.05) is 11.4 Å². The minimum absolute atomic E-state index is 0.181. The number of carbonyl (C=O) groups is 1. The third kappa shape index (κ3) is 3.80. The lowest BCUT2D eigenvalue weighted by Crippen LogP contribution is -2.23. The first-order chi connectivity index (χ1) is 11.7. The van der Waals surface area contributed by atoms with E-state index in [1.54, 1.807) is 23.9 Å². The first-order valence-electron chi connectivity index (χ1n) is 7.25. The van der Waals surface area contributed by atoms with E-state index in [0.29, 0.717) is 12.2 Å². The number of halogens is 1. The molecule has 0 spiro atoms. The molecule has 0 aliphatic rings. The van der Waals surface area contributed by atoms with Gasteiger partial charge in [-0.1, -0.05) is 23.4 Å². The molecule has 7 heteroatoms. The van der Waals surface area contributed by atoms with Crippen LogP contribution in [0.3, 0.4) is 0 Å². The maximum Gasteiger partial charge on any atom is 0.273 e. The summed E-state index contributed by atoms with van der Waals surface area (Å²) in [6, 6.07) is 13.9. The first-order valence-corrected chi connectivity index (χ1v) is 8.47. The van der Waals surface area contributed by atoms with Crippen LogP contribution in [0.5, 0.6) is 0 Å². The number of rotatable bonds is 5. The number of nitrogens with zero attached hydrogens (tertiary/aromatic N) is 3. The van der Waals surface area contributed by atoms with Crippen LogP contribution in [0.1, 0.15) is 16.1 Å². The summed E-state index contributed by atoms with van der Waals surface area (Å²) in [5, 5.41) is 10.5. The van der Waals surface area contributed by atoms with E-state index in [9.17, 15) is 9.18 Å². The summed E-state index contributed by atoms with van der Waals surface area (Å²) in [7, 11) is 0. The second-order valence-corrected chi connectivity index (χ2v) is 5.94. The minimum atomic E-state index is -0.373. The zero-order valence-corrected chi connectivity index (χ0v) is 13.8. The van der Waals surface area contributed by atoms with Gasteiger partial charge in [-0.2, -0.15) is 0 Å². The topological polar surface area (TPSA) is 59.8 Å². The maximum atomic E-state index is 13.2. The molecule has 0 fully saturated rings. The Hall–Kier alpha value is -2.67. The molecule has 0 radical (unpaired) electrons. The SMILES string of the molecule is CSc1ccc(CNC(=O)c2cn(-c3cccc(F)c3)nn2)cc1. The predicted molar refractivity (Wildman–Crippen MR) is 90.7 cm³/mol. The van der Waals surface area contributed by atoms with Crippen LogP contribution in [0.2, 0.25) is 0 Å². The molecule has 3 aromatic rings. The molecule has 0 bridgehead atoms. The molecule has 0 atom stereocenters. The molecule has 3 rings (SSSR count). The van der Waals surface area contributed by atoms with Gasteiger partial charge in [0.1, 0.15) is 5.82 Å². The third-order valence-corrected chi connectivity index (χ3v) is 4.15. The van der Waals surface area contributed by atoms with Crippen molar-refractivity contribution >= 4 is 17.7 Å². The summed E-state index contributed by atoms with van der Waals surface area (Å²) in [4.78, 5) is 13.3. The molecule has 0 aliphatic carbocycles. The molecule has 0 saturated carbocycles. The van der Waals surface area contributed by atoms with Crippen molar-refractivity contribution in [2.45, 2.75) is 11.4 Å². The van der Waals surface area contributed by atoms with Crippen molar-refractivity contribution in [1.82, 2.24) is 20.3 Å². The standard InChI is InChI=1S/C17H15FN4OS/c1-24-15-7-5-12(6-8-15)10-19-17(23)16-11-22(21-20-16)14-4-2-3-13(18)9-14/h2-9,11H,10H2,1H3,(H,19,23). The van der Waals surface area contributed by atoms with Gasteiger partial charge in [0.15, 0.2) is 5.69 Å². The second kappa shape index (κ2) is 7.27. The number of thioether (sulfide) groups is 1. The Morgan fingerprint density at radius 1 is 1.25 bits per heavy atom.